The molecule has 3 heteroatoms. The number of sulfone groups is 1. The van der Waals surface area contributed by atoms with Gasteiger partial charge in [-0.15, -0.1) is 0 Å². The van der Waals surface area contributed by atoms with Gasteiger partial charge in [0.05, 0.1) is 5.25 Å². The van der Waals surface area contributed by atoms with Gasteiger partial charge in [-0.05, 0) is 13.3 Å². The topological polar surface area (TPSA) is 34.1 Å². The molecule has 0 aliphatic rings. The smallest absolute Gasteiger partial charge is 0.152 e. The van der Waals surface area contributed by atoms with Crippen molar-refractivity contribution in [3.8, 4) is 0 Å². The number of rotatable bonds is 7. The van der Waals surface area contributed by atoms with Crippen molar-refractivity contribution in [2.75, 3.05) is 5.75 Å². The van der Waals surface area contributed by atoms with Gasteiger partial charge in [-0.3, -0.25) is 0 Å². The van der Waals surface area contributed by atoms with Crippen LogP contribution >= 0.6 is 0 Å². The second-order valence-electron chi connectivity index (χ2n) is 3.61. The van der Waals surface area contributed by atoms with Crippen molar-refractivity contribution in [3.63, 3.8) is 0 Å². The Morgan fingerprint density at radius 2 is 1.69 bits per heavy atom. The summed E-state index contributed by atoms with van der Waals surface area (Å²) in [5.41, 5.74) is 0. The van der Waals surface area contributed by atoms with Gasteiger partial charge in [0, 0.05) is 5.75 Å². The van der Waals surface area contributed by atoms with E-state index in [0.29, 0.717) is 0 Å². The molecule has 0 N–H and O–H groups in total. The van der Waals surface area contributed by atoms with Gasteiger partial charge in [-0.2, -0.15) is 0 Å². The number of hydrogen-bond donors (Lipinski definition) is 0. The summed E-state index contributed by atoms with van der Waals surface area (Å²) in [7, 11) is -2.79. The van der Waals surface area contributed by atoms with E-state index >= 15 is 0 Å². The van der Waals surface area contributed by atoms with Crippen molar-refractivity contribution in [3.05, 3.63) is 0 Å². The zero-order chi connectivity index (χ0) is 10.3. The molecule has 0 amide bonds. The van der Waals surface area contributed by atoms with Gasteiger partial charge in [0.2, 0.25) is 0 Å². The molecule has 0 aliphatic heterocycles. The molecular formula is C10H22O2S. The molecule has 0 aliphatic carbocycles. The predicted octanol–water partition coefficient (Wildman–Crippen LogP) is 2.78. The molecule has 0 aromatic rings. The van der Waals surface area contributed by atoms with Crippen LogP contribution in [0.25, 0.3) is 0 Å². The summed E-state index contributed by atoms with van der Waals surface area (Å²) >= 11 is 0. The van der Waals surface area contributed by atoms with Gasteiger partial charge in [-0.25, -0.2) is 8.42 Å². The van der Waals surface area contributed by atoms with Crippen molar-refractivity contribution >= 4 is 9.84 Å². The maximum absolute atomic E-state index is 11.4. The van der Waals surface area contributed by atoms with Crippen LogP contribution in [0.3, 0.4) is 0 Å². The minimum Gasteiger partial charge on any atom is -0.229 e. The van der Waals surface area contributed by atoms with Gasteiger partial charge < -0.3 is 0 Å². The molecule has 0 spiro atoms. The molecule has 0 fully saturated rings. The third-order valence-electron chi connectivity index (χ3n) is 2.48. The van der Waals surface area contributed by atoms with Crippen LogP contribution < -0.4 is 0 Å². The molecule has 0 radical (unpaired) electrons. The van der Waals surface area contributed by atoms with Crippen LogP contribution in [0.4, 0.5) is 0 Å². The molecule has 0 saturated carbocycles. The Balaban J connectivity index is 3.69. The first-order valence-corrected chi connectivity index (χ1v) is 6.97. The molecule has 0 heterocycles. The van der Waals surface area contributed by atoms with Crippen molar-refractivity contribution in [1.82, 2.24) is 0 Å². The first kappa shape index (κ1) is 12.9. The van der Waals surface area contributed by atoms with E-state index in [2.05, 4.69) is 6.92 Å². The van der Waals surface area contributed by atoms with Gasteiger partial charge in [-0.1, -0.05) is 39.5 Å². The molecule has 0 bridgehead atoms. The lowest BCUT2D eigenvalue weighted by molar-refractivity contribution is 0.564. The fourth-order valence-electron chi connectivity index (χ4n) is 1.32. The Morgan fingerprint density at radius 1 is 1.08 bits per heavy atom. The van der Waals surface area contributed by atoms with E-state index in [1.165, 1.54) is 19.3 Å². The second kappa shape index (κ2) is 6.41. The third kappa shape index (κ3) is 5.29. The molecule has 13 heavy (non-hydrogen) atoms. The lowest BCUT2D eigenvalue weighted by Gasteiger charge is -2.10. The summed E-state index contributed by atoms with van der Waals surface area (Å²) in [6, 6.07) is 0. The molecule has 0 saturated heterocycles. The Labute approximate surface area is 82.6 Å². The first-order chi connectivity index (χ1) is 6.04. The van der Waals surface area contributed by atoms with E-state index in [4.69, 9.17) is 0 Å². The van der Waals surface area contributed by atoms with Crippen LogP contribution in [0.15, 0.2) is 0 Å². The van der Waals surface area contributed by atoms with Crippen LogP contribution in [0, 0.1) is 0 Å². The van der Waals surface area contributed by atoms with Crippen molar-refractivity contribution in [2.45, 2.75) is 58.1 Å². The van der Waals surface area contributed by atoms with Crippen LogP contribution in [0.5, 0.6) is 0 Å². The van der Waals surface area contributed by atoms with Crippen molar-refractivity contribution in [1.29, 1.82) is 0 Å². The van der Waals surface area contributed by atoms with Gasteiger partial charge in [0.15, 0.2) is 9.84 Å². The zero-order valence-corrected chi connectivity index (χ0v) is 9.86. The zero-order valence-electron chi connectivity index (χ0n) is 9.04. The van der Waals surface area contributed by atoms with Crippen LogP contribution in [-0.2, 0) is 9.84 Å². The molecule has 0 rings (SSSR count). The maximum atomic E-state index is 11.4. The van der Waals surface area contributed by atoms with Crippen molar-refractivity contribution < 1.29 is 8.42 Å². The fourth-order valence-corrected chi connectivity index (χ4v) is 2.42. The summed E-state index contributed by atoms with van der Waals surface area (Å²) in [6.45, 7) is 5.70. The number of hydrogen-bond acceptors (Lipinski definition) is 2. The van der Waals surface area contributed by atoms with E-state index in [9.17, 15) is 8.42 Å². The monoisotopic (exact) mass is 206 g/mol. The highest BCUT2D eigenvalue weighted by atomic mass is 32.2. The molecule has 1 unspecified atom stereocenters. The summed E-state index contributed by atoms with van der Waals surface area (Å²) < 4.78 is 22.7. The minimum atomic E-state index is -2.79. The molecule has 0 aromatic carbocycles. The van der Waals surface area contributed by atoms with Gasteiger partial charge in [0.25, 0.3) is 0 Å². The molecule has 0 aromatic heterocycles. The Morgan fingerprint density at radius 3 is 2.15 bits per heavy atom. The summed E-state index contributed by atoms with van der Waals surface area (Å²) in [5.74, 6) is 0.280. The molecule has 80 valence electrons. The van der Waals surface area contributed by atoms with Gasteiger partial charge >= 0.3 is 0 Å². The maximum Gasteiger partial charge on any atom is 0.152 e. The second-order valence-corrected chi connectivity index (χ2v) is 6.32. The normalized spacial score (nSPS) is 14.4. The molecular weight excluding hydrogens is 184 g/mol. The first-order valence-electron chi connectivity index (χ1n) is 5.26. The van der Waals surface area contributed by atoms with E-state index in [-0.39, 0.29) is 11.0 Å². The van der Waals surface area contributed by atoms with E-state index in [0.717, 1.165) is 12.8 Å². The van der Waals surface area contributed by atoms with Crippen LogP contribution in [-0.4, -0.2) is 19.4 Å². The SMILES string of the molecule is CCCCCCC(C)S(=O)(=O)CC. The molecule has 2 nitrogen and oxygen atoms in total. The van der Waals surface area contributed by atoms with E-state index in [1.54, 1.807) is 6.92 Å². The predicted molar refractivity (Wildman–Crippen MR) is 57.7 cm³/mol. The third-order valence-corrected chi connectivity index (χ3v) is 4.75. The van der Waals surface area contributed by atoms with Crippen LogP contribution in [0.1, 0.15) is 52.9 Å². The Hall–Kier alpha value is -0.0500. The highest BCUT2D eigenvalue weighted by molar-refractivity contribution is 7.91. The standard InChI is InChI=1S/C10H22O2S/c1-4-6-7-8-9-10(3)13(11,12)5-2/h10H,4-9H2,1-3H3. The largest absolute Gasteiger partial charge is 0.229 e. The van der Waals surface area contributed by atoms with E-state index in [1.807, 2.05) is 6.92 Å². The number of unbranched alkanes of at least 4 members (excludes halogenated alkanes) is 3. The quantitative estimate of drug-likeness (QED) is 0.600. The summed E-state index contributed by atoms with van der Waals surface area (Å²) in [6.07, 6.45) is 5.47. The Bertz CT molecular complexity index is 207. The van der Waals surface area contributed by atoms with Gasteiger partial charge in [0.1, 0.15) is 0 Å². The lowest BCUT2D eigenvalue weighted by Crippen LogP contribution is -2.19. The Kier molecular flexibility index (Phi) is 6.39. The average molecular weight is 206 g/mol. The highest BCUT2D eigenvalue weighted by Gasteiger charge is 2.17. The van der Waals surface area contributed by atoms with Crippen molar-refractivity contribution in [2.24, 2.45) is 0 Å². The summed E-state index contributed by atoms with van der Waals surface area (Å²) in [5, 5.41) is -0.144. The summed E-state index contributed by atoms with van der Waals surface area (Å²) in [4.78, 5) is 0. The van der Waals surface area contributed by atoms with Crippen LogP contribution in [0.2, 0.25) is 0 Å². The molecule has 1 atom stereocenters. The fraction of sp³-hybridized carbons (Fsp3) is 1.00. The highest BCUT2D eigenvalue weighted by Crippen LogP contribution is 2.12. The van der Waals surface area contributed by atoms with E-state index < -0.39 is 9.84 Å². The average Bonchev–Trinajstić information content (AvgIpc) is 2.12. The minimum absolute atomic E-state index is 0.144. The lowest BCUT2D eigenvalue weighted by atomic mass is 10.1.